The first-order chi connectivity index (χ1) is 7.15. The van der Waals surface area contributed by atoms with Crippen LogP contribution in [0, 0.1) is 0 Å². The predicted octanol–water partition coefficient (Wildman–Crippen LogP) is -1.93. The Hall–Kier alpha value is -0.730. The van der Waals surface area contributed by atoms with Gasteiger partial charge in [-0.3, -0.25) is 0 Å². The monoisotopic (exact) mass is 221 g/mol. The minimum Gasteiger partial charge on any atom is -0.399 e. The van der Waals surface area contributed by atoms with Crippen LogP contribution in [0.3, 0.4) is 0 Å². The predicted molar refractivity (Wildman–Crippen MR) is 49.2 cm³/mol. The first-order valence-corrected chi connectivity index (χ1v) is 4.41. The molecule has 7 nitrogen and oxygen atoms in total. The number of rotatable bonds is 3. The number of oxime groups is 1. The Labute approximate surface area is 86.9 Å². The molecule has 4 atom stereocenters. The van der Waals surface area contributed by atoms with Crippen molar-refractivity contribution in [3.05, 3.63) is 0 Å². The van der Waals surface area contributed by atoms with Gasteiger partial charge in [0, 0.05) is 7.11 Å². The summed E-state index contributed by atoms with van der Waals surface area (Å²) in [6.07, 6.45) is -4.28. The Morgan fingerprint density at radius 2 is 2.00 bits per heavy atom. The van der Waals surface area contributed by atoms with Crippen LogP contribution in [0.25, 0.3) is 0 Å². The quantitative estimate of drug-likeness (QED) is 0.480. The maximum atomic E-state index is 9.64. The molecule has 1 aliphatic rings. The summed E-state index contributed by atoms with van der Waals surface area (Å²) in [6, 6.07) is 0. The van der Waals surface area contributed by atoms with Crippen molar-refractivity contribution in [2.75, 3.05) is 20.8 Å². The van der Waals surface area contributed by atoms with Crippen molar-refractivity contribution in [3.8, 4) is 0 Å². The molecule has 0 aromatic heterocycles. The molecule has 1 rings (SSSR count). The minimum absolute atomic E-state index is 0.0188. The van der Waals surface area contributed by atoms with E-state index >= 15 is 0 Å². The standard InChI is InChI=1S/C8H15NO6/c1-13-8-7(12)5(9-14-2)6(11)4(3-10)15-8/h4,6-8,10-12H,3H2,1-2H3/t4?,6-,7?,8-/m1/s1. The van der Waals surface area contributed by atoms with Gasteiger partial charge >= 0.3 is 0 Å². The van der Waals surface area contributed by atoms with Crippen LogP contribution in [0.4, 0.5) is 0 Å². The molecule has 1 aliphatic heterocycles. The third-order valence-electron chi connectivity index (χ3n) is 2.13. The molecule has 0 aromatic rings. The Bertz CT molecular complexity index is 215. The lowest BCUT2D eigenvalue weighted by molar-refractivity contribution is -0.224. The van der Waals surface area contributed by atoms with Gasteiger partial charge in [-0.15, -0.1) is 0 Å². The molecule has 0 saturated carbocycles. The van der Waals surface area contributed by atoms with E-state index in [4.69, 9.17) is 14.6 Å². The lowest BCUT2D eigenvalue weighted by Gasteiger charge is -2.35. The average molecular weight is 221 g/mol. The third-order valence-corrected chi connectivity index (χ3v) is 2.13. The van der Waals surface area contributed by atoms with Crippen molar-refractivity contribution in [2.24, 2.45) is 5.16 Å². The summed E-state index contributed by atoms with van der Waals surface area (Å²) in [5.74, 6) is 0. The Morgan fingerprint density at radius 3 is 2.47 bits per heavy atom. The average Bonchev–Trinajstić information content (AvgIpc) is 2.25. The van der Waals surface area contributed by atoms with Gasteiger partial charge in [0.1, 0.15) is 31.1 Å². The maximum Gasteiger partial charge on any atom is 0.189 e. The van der Waals surface area contributed by atoms with Crippen LogP contribution >= 0.6 is 0 Å². The first-order valence-electron chi connectivity index (χ1n) is 4.41. The molecule has 15 heavy (non-hydrogen) atoms. The van der Waals surface area contributed by atoms with E-state index in [9.17, 15) is 10.2 Å². The highest BCUT2D eigenvalue weighted by atomic mass is 16.7. The zero-order chi connectivity index (χ0) is 11.4. The summed E-state index contributed by atoms with van der Waals surface area (Å²) in [5.41, 5.74) is -0.0188. The normalized spacial score (nSPS) is 39.4. The zero-order valence-corrected chi connectivity index (χ0v) is 8.53. The van der Waals surface area contributed by atoms with Crippen LogP contribution in [-0.2, 0) is 14.3 Å². The number of aliphatic hydroxyl groups is 3. The Morgan fingerprint density at radius 1 is 1.33 bits per heavy atom. The highest BCUT2D eigenvalue weighted by Gasteiger charge is 2.42. The van der Waals surface area contributed by atoms with Gasteiger partial charge in [0.15, 0.2) is 6.29 Å². The summed E-state index contributed by atoms with van der Waals surface area (Å²) >= 11 is 0. The van der Waals surface area contributed by atoms with Crippen molar-refractivity contribution < 1.29 is 29.6 Å². The lowest BCUT2D eigenvalue weighted by atomic mass is 10.0. The topological polar surface area (TPSA) is 101 Å². The van der Waals surface area contributed by atoms with Crippen molar-refractivity contribution >= 4 is 5.71 Å². The molecule has 88 valence electrons. The van der Waals surface area contributed by atoms with E-state index < -0.39 is 31.2 Å². The molecule has 2 unspecified atom stereocenters. The van der Waals surface area contributed by atoms with Crippen molar-refractivity contribution in [1.29, 1.82) is 0 Å². The molecule has 0 aromatic carbocycles. The fraction of sp³-hybridized carbons (Fsp3) is 0.875. The molecule has 7 heteroatoms. The van der Waals surface area contributed by atoms with Crippen LogP contribution < -0.4 is 0 Å². The third kappa shape index (κ3) is 2.44. The van der Waals surface area contributed by atoms with Gasteiger partial charge in [-0.2, -0.15) is 0 Å². The van der Waals surface area contributed by atoms with Crippen molar-refractivity contribution in [1.82, 2.24) is 0 Å². The van der Waals surface area contributed by atoms with E-state index in [2.05, 4.69) is 9.99 Å². The van der Waals surface area contributed by atoms with E-state index in [1.165, 1.54) is 14.2 Å². The second-order valence-electron chi connectivity index (χ2n) is 3.05. The molecule has 0 bridgehead atoms. The molecule has 0 amide bonds. The molecular formula is C8H15NO6. The Balaban J connectivity index is 2.86. The number of methoxy groups -OCH3 is 1. The number of aliphatic hydroxyl groups excluding tert-OH is 3. The molecule has 3 N–H and O–H groups in total. The van der Waals surface area contributed by atoms with Gasteiger partial charge in [-0.1, -0.05) is 5.16 Å². The van der Waals surface area contributed by atoms with E-state index in [-0.39, 0.29) is 5.71 Å². The van der Waals surface area contributed by atoms with Gasteiger partial charge in [0.2, 0.25) is 0 Å². The molecule has 0 radical (unpaired) electrons. The van der Waals surface area contributed by atoms with Crippen LogP contribution in [0.5, 0.6) is 0 Å². The van der Waals surface area contributed by atoms with Crippen LogP contribution in [0.1, 0.15) is 0 Å². The maximum absolute atomic E-state index is 9.64. The fourth-order valence-corrected chi connectivity index (χ4v) is 1.37. The molecule has 1 saturated heterocycles. The molecule has 1 fully saturated rings. The fourth-order valence-electron chi connectivity index (χ4n) is 1.37. The largest absolute Gasteiger partial charge is 0.399 e. The SMILES string of the molecule is CON=C1C(O)[C@H](OC)OC(CO)[C@H]1O. The minimum atomic E-state index is -1.22. The second kappa shape index (κ2) is 5.38. The number of ether oxygens (including phenoxy) is 2. The number of hydrogen-bond donors (Lipinski definition) is 3. The highest BCUT2D eigenvalue weighted by molar-refractivity contribution is 5.93. The summed E-state index contributed by atoms with van der Waals surface area (Å²) in [5, 5.41) is 31.7. The van der Waals surface area contributed by atoms with Gasteiger partial charge in [0.25, 0.3) is 0 Å². The molecule has 0 spiro atoms. The van der Waals surface area contributed by atoms with Gasteiger partial charge < -0.3 is 29.6 Å². The van der Waals surface area contributed by atoms with E-state index in [1.807, 2.05) is 0 Å². The van der Waals surface area contributed by atoms with Gasteiger partial charge in [-0.25, -0.2) is 0 Å². The highest BCUT2D eigenvalue weighted by Crippen LogP contribution is 2.19. The van der Waals surface area contributed by atoms with E-state index in [1.54, 1.807) is 0 Å². The number of hydrogen-bond acceptors (Lipinski definition) is 7. The molecule has 1 heterocycles. The molecular weight excluding hydrogens is 206 g/mol. The van der Waals surface area contributed by atoms with E-state index in [0.29, 0.717) is 0 Å². The summed E-state index contributed by atoms with van der Waals surface area (Å²) in [6.45, 7) is -0.406. The van der Waals surface area contributed by atoms with Gasteiger partial charge in [0.05, 0.1) is 6.61 Å². The van der Waals surface area contributed by atoms with Gasteiger partial charge in [-0.05, 0) is 0 Å². The number of nitrogens with zero attached hydrogens (tertiary/aromatic N) is 1. The second-order valence-corrected chi connectivity index (χ2v) is 3.05. The zero-order valence-electron chi connectivity index (χ0n) is 8.53. The molecule has 0 aliphatic carbocycles. The summed E-state index contributed by atoms with van der Waals surface area (Å²) in [4.78, 5) is 4.48. The first kappa shape index (κ1) is 12.3. The smallest absolute Gasteiger partial charge is 0.189 e. The van der Waals surface area contributed by atoms with Crippen LogP contribution in [0.2, 0.25) is 0 Å². The van der Waals surface area contributed by atoms with Crippen LogP contribution in [-0.4, -0.2) is 66.5 Å². The van der Waals surface area contributed by atoms with Crippen LogP contribution in [0.15, 0.2) is 5.16 Å². The summed E-state index contributed by atoms with van der Waals surface area (Å²) in [7, 11) is 2.63. The van der Waals surface area contributed by atoms with E-state index in [0.717, 1.165) is 0 Å². The summed E-state index contributed by atoms with van der Waals surface area (Å²) < 4.78 is 9.91. The Kier molecular flexibility index (Phi) is 4.43. The van der Waals surface area contributed by atoms with Crippen molar-refractivity contribution in [2.45, 2.75) is 24.6 Å². The van der Waals surface area contributed by atoms with Crippen molar-refractivity contribution in [3.63, 3.8) is 0 Å². The lowest BCUT2D eigenvalue weighted by Crippen LogP contribution is -2.56.